The maximum absolute atomic E-state index is 10.7. The maximum Gasteiger partial charge on any atom is 0.168 e. The first-order valence-corrected chi connectivity index (χ1v) is 6.61. The van der Waals surface area contributed by atoms with E-state index in [4.69, 9.17) is 0 Å². The SMILES string of the molecule is CCCC1CCC(c2nccc(C=O)n2)CC1. The highest BCUT2D eigenvalue weighted by atomic mass is 16.1. The molecule has 0 bridgehead atoms. The molecule has 2 rings (SSSR count). The zero-order valence-electron chi connectivity index (χ0n) is 10.4. The molecule has 1 aliphatic rings. The maximum atomic E-state index is 10.7. The number of aromatic nitrogens is 2. The summed E-state index contributed by atoms with van der Waals surface area (Å²) in [4.78, 5) is 19.3. The standard InChI is InChI=1S/C14H20N2O/c1-2-3-11-4-6-12(7-5-11)14-15-9-8-13(10-17)16-14/h8-12H,2-7H2,1H3. The van der Waals surface area contributed by atoms with Crippen LogP contribution in [-0.4, -0.2) is 16.3 Å². The molecule has 1 aliphatic carbocycles. The Balaban J connectivity index is 1.97. The van der Waals surface area contributed by atoms with Crippen LogP contribution in [0.2, 0.25) is 0 Å². The summed E-state index contributed by atoms with van der Waals surface area (Å²) in [6, 6.07) is 1.67. The smallest absolute Gasteiger partial charge is 0.168 e. The highest BCUT2D eigenvalue weighted by Gasteiger charge is 2.23. The zero-order valence-corrected chi connectivity index (χ0v) is 10.4. The molecule has 0 aromatic carbocycles. The normalized spacial score (nSPS) is 24.5. The van der Waals surface area contributed by atoms with E-state index in [1.807, 2.05) is 0 Å². The molecule has 1 aromatic rings. The average Bonchev–Trinajstić information content (AvgIpc) is 2.40. The van der Waals surface area contributed by atoms with Gasteiger partial charge in [-0.15, -0.1) is 0 Å². The summed E-state index contributed by atoms with van der Waals surface area (Å²) in [5.41, 5.74) is 0.505. The minimum absolute atomic E-state index is 0.461. The Morgan fingerprint density at radius 1 is 1.35 bits per heavy atom. The predicted octanol–water partition coefficient (Wildman–Crippen LogP) is 3.36. The molecule has 92 valence electrons. The van der Waals surface area contributed by atoms with E-state index in [0.29, 0.717) is 11.6 Å². The van der Waals surface area contributed by atoms with Crippen molar-refractivity contribution in [1.82, 2.24) is 9.97 Å². The number of aldehydes is 1. The third-order valence-electron chi connectivity index (χ3n) is 3.73. The fourth-order valence-electron chi connectivity index (χ4n) is 2.77. The molecule has 0 saturated heterocycles. The summed E-state index contributed by atoms with van der Waals surface area (Å²) in [5, 5.41) is 0. The third-order valence-corrected chi connectivity index (χ3v) is 3.73. The summed E-state index contributed by atoms with van der Waals surface area (Å²) in [6.45, 7) is 2.25. The first-order chi connectivity index (χ1) is 8.33. The lowest BCUT2D eigenvalue weighted by Gasteiger charge is -2.27. The lowest BCUT2D eigenvalue weighted by molar-refractivity contribution is 0.111. The molecule has 1 saturated carbocycles. The van der Waals surface area contributed by atoms with Gasteiger partial charge in [-0.25, -0.2) is 9.97 Å². The Hall–Kier alpha value is -1.25. The monoisotopic (exact) mass is 232 g/mol. The first kappa shape index (κ1) is 12.2. The highest BCUT2D eigenvalue weighted by molar-refractivity contribution is 5.71. The Morgan fingerprint density at radius 2 is 2.12 bits per heavy atom. The van der Waals surface area contributed by atoms with Gasteiger partial charge in [-0.05, 0) is 37.7 Å². The van der Waals surface area contributed by atoms with E-state index in [0.717, 1.165) is 18.0 Å². The molecule has 0 atom stereocenters. The Bertz CT molecular complexity index is 370. The summed E-state index contributed by atoms with van der Waals surface area (Å²) >= 11 is 0. The van der Waals surface area contributed by atoms with E-state index in [1.54, 1.807) is 12.3 Å². The topological polar surface area (TPSA) is 42.9 Å². The van der Waals surface area contributed by atoms with Crippen LogP contribution in [0.3, 0.4) is 0 Å². The second-order valence-corrected chi connectivity index (χ2v) is 4.96. The van der Waals surface area contributed by atoms with E-state index >= 15 is 0 Å². The Morgan fingerprint density at radius 3 is 2.76 bits per heavy atom. The van der Waals surface area contributed by atoms with Crippen LogP contribution in [-0.2, 0) is 0 Å². The van der Waals surface area contributed by atoms with Gasteiger partial charge in [0.05, 0.1) is 0 Å². The molecule has 0 N–H and O–H groups in total. The van der Waals surface area contributed by atoms with Gasteiger partial charge < -0.3 is 0 Å². The van der Waals surface area contributed by atoms with Crippen molar-refractivity contribution in [2.75, 3.05) is 0 Å². The van der Waals surface area contributed by atoms with Gasteiger partial charge in [-0.3, -0.25) is 4.79 Å². The molecular weight excluding hydrogens is 212 g/mol. The fraction of sp³-hybridized carbons (Fsp3) is 0.643. The lowest BCUT2D eigenvalue weighted by atomic mass is 9.80. The molecule has 0 amide bonds. The summed E-state index contributed by atoms with van der Waals surface area (Å²) < 4.78 is 0. The third kappa shape index (κ3) is 3.11. The second-order valence-electron chi connectivity index (χ2n) is 4.96. The van der Waals surface area contributed by atoms with E-state index < -0.39 is 0 Å². The van der Waals surface area contributed by atoms with Crippen LogP contribution in [0.4, 0.5) is 0 Å². The van der Waals surface area contributed by atoms with Crippen LogP contribution in [0, 0.1) is 5.92 Å². The van der Waals surface area contributed by atoms with Crippen LogP contribution in [0.1, 0.15) is 67.7 Å². The molecule has 0 aliphatic heterocycles. The van der Waals surface area contributed by atoms with Crippen molar-refractivity contribution in [3.8, 4) is 0 Å². The van der Waals surface area contributed by atoms with E-state index in [9.17, 15) is 4.79 Å². The van der Waals surface area contributed by atoms with Crippen molar-refractivity contribution in [1.29, 1.82) is 0 Å². The first-order valence-electron chi connectivity index (χ1n) is 6.61. The molecule has 0 radical (unpaired) electrons. The van der Waals surface area contributed by atoms with Crippen LogP contribution >= 0.6 is 0 Å². The minimum Gasteiger partial charge on any atom is -0.296 e. The second kappa shape index (κ2) is 5.89. The van der Waals surface area contributed by atoms with E-state index in [-0.39, 0.29) is 0 Å². The molecule has 1 heterocycles. The van der Waals surface area contributed by atoms with Crippen molar-refractivity contribution in [2.24, 2.45) is 5.92 Å². The molecule has 0 unspecified atom stereocenters. The fourth-order valence-corrected chi connectivity index (χ4v) is 2.77. The van der Waals surface area contributed by atoms with Gasteiger partial charge in [0.2, 0.25) is 0 Å². The largest absolute Gasteiger partial charge is 0.296 e. The number of hydrogen-bond donors (Lipinski definition) is 0. The Labute approximate surface area is 103 Å². The van der Waals surface area contributed by atoms with Crippen molar-refractivity contribution in [3.63, 3.8) is 0 Å². The van der Waals surface area contributed by atoms with Crippen molar-refractivity contribution >= 4 is 6.29 Å². The Kier molecular flexibility index (Phi) is 4.24. The summed E-state index contributed by atoms with van der Waals surface area (Å²) in [7, 11) is 0. The molecular formula is C14H20N2O. The van der Waals surface area contributed by atoms with Crippen LogP contribution in [0.25, 0.3) is 0 Å². The van der Waals surface area contributed by atoms with Crippen molar-refractivity contribution < 1.29 is 4.79 Å². The van der Waals surface area contributed by atoms with Crippen molar-refractivity contribution in [3.05, 3.63) is 23.8 Å². The van der Waals surface area contributed by atoms with Crippen LogP contribution in [0.15, 0.2) is 12.3 Å². The molecule has 1 aromatic heterocycles. The molecule has 1 fully saturated rings. The quantitative estimate of drug-likeness (QED) is 0.747. The predicted molar refractivity (Wildman–Crippen MR) is 67.0 cm³/mol. The average molecular weight is 232 g/mol. The zero-order chi connectivity index (χ0) is 12.1. The summed E-state index contributed by atoms with van der Waals surface area (Å²) in [5.74, 6) is 2.22. The van der Waals surface area contributed by atoms with Gasteiger partial charge in [-0.2, -0.15) is 0 Å². The molecule has 3 heteroatoms. The number of nitrogens with zero attached hydrogens (tertiary/aromatic N) is 2. The van der Waals surface area contributed by atoms with Gasteiger partial charge in [0.15, 0.2) is 6.29 Å². The number of rotatable bonds is 4. The highest BCUT2D eigenvalue weighted by Crippen LogP contribution is 2.35. The van der Waals surface area contributed by atoms with Crippen molar-refractivity contribution in [2.45, 2.75) is 51.4 Å². The summed E-state index contributed by atoms with van der Waals surface area (Å²) in [6.07, 6.45) is 10.0. The van der Waals surface area contributed by atoms with E-state index in [1.165, 1.54) is 38.5 Å². The van der Waals surface area contributed by atoms with Gasteiger partial charge in [0, 0.05) is 12.1 Å². The molecule has 0 spiro atoms. The number of carbonyl (C=O) groups is 1. The van der Waals surface area contributed by atoms with E-state index in [2.05, 4.69) is 16.9 Å². The lowest BCUT2D eigenvalue weighted by Crippen LogP contribution is -2.15. The van der Waals surface area contributed by atoms with Crippen LogP contribution in [0.5, 0.6) is 0 Å². The van der Waals surface area contributed by atoms with Crippen LogP contribution < -0.4 is 0 Å². The van der Waals surface area contributed by atoms with Gasteiger partial charge in [0.1, 0.15) is 11.5 Å². The molecule has 3 nitrogen and oxygen atoms in total. The van der Waals surface area contributed by atoms with Gasteiger partial charge >= 0.3 is 0 Å². The number of hydrogen-bond acceptors (Lipinski definition) is 3. The van der Waals surface area contributed by atoms with Gasteiger partial charge in [-0.1, -0.05) is 19.8 Å². The van der Waals surface area contributed by atoms with Gasteiger partial charge in [0.25, 0.3) is 0 Å². The number of carbonyl (C=O) groups excluding carboxylic acids is 1. The molecule has 17 heavy (non-hydrogen) atoms. The minimum atomic E-state index is 0.461.